The zero-order valence-corrected chi connectivity index (χ0v) is 11.0. The van der Waals surface area contributed by atoms with Crippen molar-refractivity contribution in [1.82, 2.24) is 15.0 Å². The Morgan fingerprint density at radius 2 is 1.52 bits per heavy atom. The summed E-state index contributed by atoms with van der Waals surface area (Å²) >= 11 is 0. The normalized spacial score (nSPS) is 10.3. The van der Waals surface area contributed by atoms with E-state index in [1.807, 2.05) is 6.07 Å². The van der Waals surface area contributed by atoms with Crippen LogP contribution in [0.1, 0.15) is 26.3 Å². The molecule has 0 fully saturated rings. The number of carbonyl (C=O) groups is 2. The van der Waals surface area contributed by atoms with E-state index < -0.39 is 0 Å². The van der Waals surface area contributed by atoms with Crippen LogP contribution in [0, 0.1) is 0 Å². The Morgan fingerprint density at radius 1 is 0.857 bits per heavy atom. The van der Waals surface area contributed by atoms with Crippen molar-refractivity contribution in [3.05, 3.63) is 83.7 Å². The van der Waals surface area contributed by atoms with E-state index in [9.17, 15) is 9.59 Å². The molecule has 5 nitrogen and oxygen atoms in total. The Kier molecular flexibility index (Phi) is 3.39. The van der Waals surface area contributed by atoms with Crippen LogP contribution >= 0.6 is 0 Å². The first kappa shape index (κ1) is 12.9. The van der Waals surface area contributed by atoms with E-state index in [2.05, 4.69) is 10.3 Å². The van der Waals surface area contributed by atoms with Crippen molar-refractivity contribution in [3.63, 3.8) is 0 Å². The fraction of sp³-hybridized carbons (Fsp3) is 0. The summed E-state index contributed by atoms with van der Waals surface area (Å²) in [7, 11) is 0. The molecule has 0 atom stereocenters. The minimum atomic E-state index is -0.382. The Morgan fingerprint density at radius 3 is 2.19 bits per heavy atom. The monoisotopic (exact) mass is 277 g/mol. The van der Waals surface area contributed by atoms with Crippen molar-refractivity contribution in [2.45, 2.75) is 0 Å². The molecule has 0 aliphatic carbocycles. The first-order chi connectivity index (χ1) is 10.3. The smallest absolute Gasteiger partial charge is 0.280 e. The van der Waals surface area contributed by atoms with E-state index in [4.69, 9.17) is 0 Å². The molecular weight excluding hydrogens is 266 g/mol. The summed E-state index contributed by atoms with van der Waals surface area (Å²) in [4.78, 5) is 24.9. The van der Waals surface area contributed by atoms with Gasteiger partial charge in [0.2, 0.25) is 0 Å². The molecule has 0 aliphatic rings. The molecule has 3 rings (SSSR count). The summed E-state index contributed by atoms with van der Waals surface area (Å²) in [5.41, 5.74) is 1.19. The van der Waals surface area contributed by atoms with E-state index in [-0.39, 0.29) is 11.7 Å². The van der Waals surface area contributed by atoms with Gasteiger partial charge in [0.15, 0.2) is 5.78 Å². The van der Waals surface area contributed by atoms with Gasteiger partial charge in [-0.25, -0.2) is 0 Å². The molecule has 0 unspecified atom stereocenters. The quantitative estimate of drug-likeness (QED) is 0.688. The summed E-state index contributed by atoms with van der Waals surface area (Å²) < 4.78 is 1.11. The molecule has 0 N–H and O–H groups in total. The van der Waals surface area contributed by atoms with Gasteiger partial charge >= 0.3 is 0 Å². The summed E-state index contributed by atoms with van der Waals surface area (Å²) in [6.45, 7) is 0. The van der Waals surface area contributed by atoms with Crippen molar-refractivity contribution in [3.8, 4) is 0 Å². The summed E-state index contributed by atoms with van der Waals surface area (Å²) in [6.07, 6.45) is 2.87. The molecule has 5 heteroatoms. The third-order valence-electron chi connectivity index (χ3n) is 3.07. The summed E-state index contributed by atoms with van der Waals surface area (Å²) in [6, 6.07) is 15.5. The molecule has 0 saturated heterocycles. The highest BCUT2D eigenvalue weighted by atomic mass is 16.2. The highest BCUT2D eigenvalue weighted by molar-refractivity contribution is 6.15. The Hall–Kier alpha value is -3.08. The van der Waals surface area contributed by atoms with Crippen LogP contribution in [0.15, 0.2) is 67.0 Å². The molecule has 0 spiro atoms. The van der Waals surface area contributed by atoms with Gasteiger partial charge in [0.05, 0.1) is 18.0 Å². The number of hydrogen-bond acceptors (Lipinski definition) is 4. The number of benzene rings is 2. The lowest BCUT2D eigenvalue weighted by molar-refractivity contribution is 0.0932. The van der Waals surface area contributed by atoms with Crippen molar-refractivity contribution >= 4 is 11.7 Å². The van der Waals surface area contributed by atoms with Crippen molar-refractivity contribution in [1.29, 1.82) is 0 Å². The number of rotatable bonds is 3. The lowest BCUT2D eigenvalue weighted by Crippen LogP contribution is -2.17. The van der Waals surface area contributed by atoms with E-state index in [0.717, 1.165) is 4.68 Å². The molecule has 21 heavy (non-hydrogen) atoms. The SMILES string of the molecule is O=C(c1ccccc1)c1ccccc1C(=O)n1ccnn1. The zero-order valence-electron chi connectivity index (χ0n) is 11.0. The Bertz CT molecular complexity index is 780. The molecule has 102 valence electrons. The maximum Gasteiger partial charge on any atom is 0.280 e. The maximum atomic E-state index is 12.5. The average Bonchev–Trinajstić information content (AvgIpc) is 3.09. The van der Waals surface area contributed by atoms with Gasteiger partial charge in [0.25, 0.3) is 5.91 Å². The molecular formula is C16H11N3O2. The van der Waals surface area contributed by atoms with Gasteiger partial charge < -0.3 is 0 Å². The van der Waals surface area contributed by atoms with Gasteiger partial charge in [0.1, 0.15) is 0 Å². The highest BCUT2D eigenvalue weighted by Crippen LogP contribution is 2.15. The molecule has 0 amide bonds. The van der Waals surface area contributed by atoms with E-state index >= 15 is 0 Å². The van der Waals surface area contributed by atoms with Crippen LogP contribution in [-0.4, -0.2) is 26.7 Å². The van der Waals surface area contributed by atoms with Gasteiger partial charge in [0, 0.05) is 11.1 Å². The predicted octanol–water partition coefficient (Wildman–Crippen LogP) is 2.20. The first-order valence-electron chi connectivity index (χ1n) is 6.37. The van der Waals surface area contributed by atoms with Gasteiger partial charge in [-0.2, -0.15) is 4.68 Å². The molecule has 1 heterocycles. The van der Waals surface area contributed by atoms with Crippen LogP contribution < -0.4 is 0 Å². The number of hydrogen-bond donors (Lipinski definition) is 0. The third kappa shape index (κ3) is 2.49. The van der Waals surface area contributed by atoms with E-state index in [1.165, 1.54) is 12.4 Å². The second kappa shape index (κ2) is 5.50. The standard InChI is InChI=1S/C16H11N3O2/c20-15(12-6-2-1-3-7-12)13-8-4-5-9-14(13)16(21)19-11-10-17-18-19/h1-11H. The maximum absolute atomic E-state index is 12.5. The second-order valence-electron chi connectivity index (χ2n) is 4.39. The number of ketones is 1. The van der Waals surface area contributed by atoms with Gasteiger partial charge in [-0.15, -0.1) is 5.10 Å². The molecule has 0 bridgehead atoms. The van der Waals surface area contributed by atoms with Crippen LogP contribution in [0.5, 0.6) is 0 Å². The fourth-order valence-electron chi connectivity index (χ4n) is 2.05. The van der Waals surface area contributed by atoms with Crippen LogP contribution in [-0.2, 0) is 0 Å². The zero-order chi connectivity index (χ0) is 14.7. The first-order valence-corrected chi connectivity index (χ1v) is 6.37. The highest BCUT2D eigenvalue weighted by Gasteiger charge is 2.19. The van der Waals surface area contributed by atoms with Crippen molar-refractivity contribution in [2.24, 2.45) is 0 Å². The van der Waals surface area contributed by atoms with E-state index in [0.29, 0.717) is 16.7 Å². The lowest BCUT2D eigenvalue weighted by atomic mass is 9.98. The molecule has 2 aromatic carbocycles. The van der Waals surface area contributed by atoms with Gasteiger partial charge in [-0.05, 0) is 6.07 Å². The van der Waals surface area contributed by atoms with Gasteiger partial charge in [-0.3, -0.25) is 9.59 Å². The predicted molar refractivity (Wildman–Crippen MR) is 76.1 cm³/mol. The second-order valence-corrected chi connectivity index (χ2v) is 4.39. The lowest BCUT2D eigenvalue weighted by Gasteiger charge is -2.07. The van der Waals surface area contributed by atoms with Crippen LogP contribution in [0.3, 0.4) is 0 Å². The summed E-state index contributed by atoms with van der Waals surface area (Å²) in [5, 5.41) is 7.28. The molecule has 1 aromatic heterocycles. The average molecular weight is 277 g/mol. The summed E-state index contributed by atoms with van der Waals surface area (Å²) in [5.74, 6) is -0.577. The largest absolute Gasteiger partial charge is 0.289 e. The van der Waals surface area contributed by atoms with Crippen LogP contribution in [0.2, 0.25) is 0 Å². The van der Waals surface area contributed by atoms with E-state index in [1.54, 1.807) is 48.5 Å². The minimum absolute atomic E-state index is 0.195. The fourth-order valence-corrected chi connectivity index (χ4v) is 2.05. The third-order valence-corrected chi connectivity index (χ3v) is 3.07. The number of aromatic nitrogens is 3. The topological polar surface area (TPSA) is 64.8 Å². The Labute approximate surface area is 120 Å². The number of nitrogens with zero attached hydrogens (tertiary/aromatic N) is 3. The minimum Gasteiger partial charge on any atom is -0.289 e. The molecule has 0 saturated carbocycles. The van der Waals surface area contributed by atoms with Crippen LogP contribution in [0.25, 0.3) is 0 Å². The molecule has 0 radical (unpaired) electrons. The Balaban J connectivity index is 2.05. The number of carbonyl (C=O) groups excluding carboxylic acids is 2. The van der Waals surface area contributed by atoms with Gasteiger partial charge in [-0.1, -0.05) is 53.7 Å². The van der Waals surface area contributed by atoms with Crippen molar-refractivity contribution < 1.29 is 9.59 Å². The van der Waals surface area contributed by atoms with Crippen molar-refractivity contribution in [2.75, 3.05) is 0 Å². The molecule has 0 aliphatic heterocycles. The molecule has 3 aromatic rings. The van der Waals surface area contributed by atoms with Crippen LogP contribution in [0.4, 0.5) is 0 Å².